The third-order valence-corrected chi connectivity index (χ3v) is 5.12. The van der Waals surface area contributed by atoms with Crippen LogP contribution in [0.3, 0.4) is 0 Å². The van der Waals surface area contributed by atoms with Gasteiger partial charge in [0.1, 0.15) is 11.6 Å². The Balaban J connectivity index is 1.71. The van der Waals surface area contributed by atoms with Gasteiger partial charge in [-0.2, -0.15) is 0 Å². The maximum Gasteiger partial charge on any atom is 0.220 e. The van der Waals surface area contributed by atoms with E-state index in [0.717, 1.165) is 46.2 Å². The standard InChI is InChI=1S/C22H26ClN3O2/c1-4-21(27)24-16(3)22-25-19-8-5-6-9-20(19)26(22)12-7-13-28-17-10-11-18(23)15(2)14-17/h5-6,8-11,14,16H,4,7,12-13H2,1-3H3,(H,24,27). The molecule has 0 fully saturated rings. The first-order chi connectivity index (χ1) is 13.5. The molecule has 28 heavy (non-hydrogen) atoms. The van der Waals surface area contributed by atoms with Crippen molar-refractivity contribution in [2.75, 3.05) is 6.61 Å². The number of nitrogens with one attached hydrogen (secondary N) is 1. The summed E-state index contributed by atoms with van der Waals surface area (Å²) >= 11 is 6.06. The van der Waals surface area contributed by atoms with Crippen molar-refractivity contribution >= 4 is 28.5 Å². The minimum Gasteiger partial charge on any atom is -0.494 e. The molecule has 3 aromatic rings. The molecule has 1 aromatic heterocycles. The number of imidazole rings is 1. The zero-order valence-corrected chi connectivity index (χ0v) is 17.3. The van der Waals surface area contributed by atoms with Crippen LogP contribution in [0.4, 0.5) is 0 Å². The normalized spacial score (nSPS) is 12.1. The maximum absolute atomic E-state index is 11.8. The number of hydrogen-bond acceptors (Lipinski definition) is 3. The summed E-state index contributed by atoms with van der Waals surface area (Å²) in [6, 6.07) is 13.6. The number of aryl methyl sites for hydroxylation is 2. The Bertz CT molecular complexity index is 968. The molecule has 1 unspecified atom stereocenters. The van der Waals surface area contributed by atoms with Gasteiger partial charge in [0.25, 0.3) is 0 Å². The number of benzene rings is 2. The number of ether oxygens (including phenoxy) is 1. The van der Waals surface area contributed by atoms with Crippen LogP contribution in [0, 0.1) is 6.92 Å². The lowest BCUT2D eigenvalue weighted by atomic mass is 10.2. The van der Waals surface area contributed by atoms with Crippen LogP contribution in [-0.2, 0) is 11.3 Å². The number of aromatic nitrogens is 2. The van der Waals surface area contributed by atoms with E-state index in [1.807, 2.05) is 57.2 Å². The summed E-state index contributed by atoms with van der Waals surface area (Å²) in [5.74, 6) is 1.71. The molecule has 0 aliphatic carbocycles. The van der Waals surface area contributed by atoms with Crippen molar-refractivity contribution in [3.63, 3.8) is 0 Å². The van der Waals surface area contributed by atoms with Gasteiger partial charge in [0.05, 0.1) is 23.7 Å². The van der Waals surface area contributed by atoms with Gasteiger partial charge in [-0.3, -0.25) is 4.79 Å². The second-order valence-corrected chi connectivity index (χ2v) is 7.27. The summed E-state index contributed by atoms with van der Waals surface area (Å²) in [5.41, 5.74) is 3.00. The minimum atomic E-state index is -0.153. The summed E-state index contributed by atoms with van der Waals surface area (Å²) in [6.45, 7) is 7.13. The summed E-state index contributed by atoms with van der Waals surface area (Å²) in [4.78, 5) is 16.6. The summed E-state index contributed by atoms with van der Waals surface area (Å²) in [5, 5.41) is 3.75. The van der Waals surface area contributed by atoms with Crippen molar-refractivity contribution < 1.29 is 9.53 Å². The number of carbonyl (C=O) groups excluding carboxylic acids is 1. The van der Waals surface area contributed by atoms with Crippen molar-refractivity contribution in [1.29, 1.82) is 0 Å². The Morgan fingerprint density at radius 3 is 2.82 bits per heavy atom. The molecule has 5 nitrogen and oxygen atoms in total. The van der Waals surface area contributed by atoms with E-state index >= 15 is 0 Å². The molecule has 0 aliphatic heterocycles. The smallest absolute Gasteiger partial charge is 0.220 e. The zero-order chi connectivity index (χ0) is 20.1. The van der Waals surface area contributed by atoms with Gasteiger partial charge in [-0.05, 0) is 56.2 Å². The van der Waals surface area contributed by atoms with E-state index in [0.29, 0.717) is 13.0 Å². The summed E-state index contributed by atoms with van der Waals surface area (Å²) < 4.78 is 8.05. The molecule has 0 spiro atoms. The van der Waals surface area contributed by atoms with Crippen LogP contribution >= 0.6 is 11.6 Å². The number of rotatable bonds is 8. The van der Waals surface area contributed by atoms with E-state index in [1.165, 1.54) is 0 Å². The Morgan fingerprint density at radius 2 is 2.07 bits per heavy atom. The van der Waals surface area contributed by atoms with Crippen molar-refractivity contribution in [1.82, 2.24) is 14.9 Å². The molecule has 1 N–H and O–H groups in total. The first-order valence-electron chi connectivity index (χ1n) is 9.63. The highest BCUT2D eigenvalue weighted by molar-refractivity contribution is 6.31. The Kier molecular flexibility index (Phi) is 6.57. The third kappa shape index (κ3) is 4.65. The second-order valence-electron chi connectivity index (χ2n) is 6.87. The van der Waals surface area contributed by atoms with Crippen LogP contribution in [0.15, 0.2) is 42.5 Å². The fourth-order valence-electron chi connectivity index (χ4n) is 3.19. The monoisotopic (exact) mass is 399 g/mol. The Labute approximate surface area is 170 Å². The van der Waals surface area contributed by atoms with Crippen molar-refractivity contribution in [2.24, 2.45) is 0 Å². The topological polar surface area (TPSA) is 56.2 Å². The van der Waals surface area contributed by atoms with Gasteiger partial charge in [0.2, 0.25) is 5.91 Å². The lowest BCUT2D eigenvalue weighted by Crippen LogP contribution is -2.28. The Morgan fingerprint density at radius 1 is 1.29 bits per heavy atom. The molecule has 148 valence electrons. The number of para-hydroxylation sites is 2. The molecule has 0 bridgehead atoms. The van der Waals surface area contributed by atoms with Crippen LogP contribution in [0.2, 0.25) is 5.02 Å². The highest BCUT2D eigenvalue weighted by atomic mass is 35.5. The minimum absolute atomic E-state index is 0.0209. The predicted molar refractivity (Wildman–Crippen MR) is 113 cm³/mol. The van der Waals surface area contributed by atoms with Gasteiger partial charge < -0.3 is 14.6 Å². The lowest BCUT2D eigenvalue weighted by molar-refractivity contribution is -0.121. The molecule has 0 saturated heterocycles. The fourth-order valence-corrected chi connectivity index (χ4v) is 3.31. The highest BCUT2D eigenvalue weighted by Crippen LogP contribution is 2.23. The summed E-state index contributed by atoms with van der Waals surface area (Å²) in [7, 11) is 0. The van der Waals surface area contributed by atoms with E-state index in [1.54, 1.807) is 0 Å². The molecule has 3 rings (SSSR count). The first-order valence-corrected chi connectivity index (χ1v) is 10.0. The number of halogens is 1. The van der Waals surface area contributed by atoms with Crippen LogP contribution in [0.5, 0.6) is 5.75 Å². The van der Waals surface area contributed by atoms with Gasteiger partial charge in [-0.1, -0.05) is 30.7 Å². The predicted octanol–water partition coefficient (Wildman–Crippen LogP) is 5.05. The number of amides is 1. The Hall–Kier alpha value is -2.53. The zero-order valence-electron chi connectivity index (χ0n) is 16.5. The van der Waals surface area contributed by atoms with E-state index in [9.17, 15) is 4.79 Å². The van der Waals surface area contributed by atoms with Crippen LogP contribution < -0.4 is 10.1 Å². The molecular formula is C22H26ClN3O2. The third-order valence-electron chi connectivity index (χ3n) is 4.69. The highest BCUT2D eigenvalue weighted by Gasteiger charge is 2.17. The average molecular weight is 400 g/mol. The molecule has 1 atom stereocenters. The second kappa shape index (κ2) is 9.11. The fraction of sp³-hybridized carbons (Fsp3) is 0.364. The number of fused-ring (bicyclic) bond motifs is 1. The molecule has 0 aliphatic rings. The number of carbonyl (C=O) groups is 1. The first kappa shape index (κ1) is 20.2. The summed E-state index contributed by atoms with van der Waals surface area (Å²) in [6.07, 6.45) is 1.28. The van der Waals surface area contributed by atoms with Crippen molar-refractivity contribution in [3.8, 4) is 5.75 Å². The number of nitrogens with zero attached hydrogens (tertiary/aromatic N) is 2. The van der Waals surface area contributed by atoms with Gasteiger partial charge in [0.15, 0.2) is 0 Å². The van der Waals surface area contributed by atoms with Crippen LogP contribution in [-0.4, -0.2) is 22.1 Å². The van der Waals surface area contributed by atoms with E-state index in [-0.39, 0.29) is 11.9 Å². The van der Waals surface area contributed by atoms with Gasteiger partial charge in [0, 0.05) is 18.0 Å². The van der Waals surface area contributed by atoms with Crippen LogP contribution in [0.25, 0.3) is 11.0 Å². The largest absolute Gasteiger partial charge is 0.494 e. The molecule has 6 heteroatoms. The average Bonchev–Trinajstić information content (AvgIpc) is 3.06. The number of hydrogen-bond donors (Lipinski definition) is 1. The SMILES string of the molecule is CCC(=O)NC(C)c1nc2ccccc2n1CCCOc1ccc(Cl)c(C)c1. The molecule has 1 amide bonds. The van der Waals surface area contributed by atoms with Crippen molar-refractivity contribution in [2.45, 2.75) is 46.2 Å². The quantitative estimate of drug-likeness (QED) is 0.539. The van der Waals surface area contributed by atoms with Gasteiger partial charge in [-0.15, -0.1) is 0 Å². The molecule has 0 saturated carbocycles. The van der Waals surface area contributed by atoms with E-state index in [4.69, 9.17) is 21.3 Å². The van der Waals surface area contributed by atoms with E-state index in [2.05, 4.69) is 16.0 Å². The van der Waals surface area contributed by atoms with Crippen molar-refractivity contribution in [3.05, 3.63) is 58.9 Å². The lowest BCUT2D eigenvalue weighted by Gasteiger charge is -2.16. The van der Waals surface area contributed by atoms with E-state index < -0.39 is 0 Å². The molecular weight excluding hydrogens is 374 g/mol. The maximum atomic E-state index is 11.8. The van der Waals surface area contributed by atoms with Gasteiger partial charge in [-0.25, -0.2) is 4.98 Å². The molecule has 0 radical (unpaired) electrons. The van der Waals surface area contributed by atoms with Gasteiger partial charge >= 0.3 is 0 Å². The molecule has 2 aromatic carbocycles. The molecule has 1 heterocycles. The van der Waals surface area contributed by atoms with Crippen LogP contribution in [0.1, 0.15) is 44.1 Å².